The summed E-state index contributed by atoms with van der Waals surface area (Å²) in [4.78, 5) is -0.0762. The van der Waals surface area contributed by atoms with Gasteiger partial charge < -0.3 is 5.11 Å². The summed E-state index contributed by atoms with van der Waals surface area (Å²) in [6, 6.07) is 8.66. The molecule has 0 unspecified atom stereocenters. The number of hydrogen-bond acceptors (Lipinski definition) is 3. The van der Waals surface area contributed by atoms with E-state index in [-0.39, 0.29) is 16.3 Å². The van der Waals surface area contributed by atoms with Gasteiger partial charge in [-0.15, -0.1) is 0 Å². The summed E-state index contributed by atoms with van der Waals surface area (Å²) >= 11 is 0. The van der Waals surface area contributed by atoms with Crippen LogP contribution in [0.25, 0.3) is 0 Å². The quantitative estimate of drug-likeness (QED) is 0.939. The topological polar surface area (TPSA) is 57.6 Å². The van der Waals surface area contributed by atoms with Gasteiger partial charge in [-0.05, 0) is 48.5 Å². The number of phenolic OH excluding ortho intramolecular Hbond substituents is 1. The summed E-state index contributed by atoms with van der Waals surface area (Å²) in [6.07, 6.45) is -4.48. The minimum atomic E-state index is -4.48. The molecule has 118 valence electrons. The minimum Gasteiger partial charge on any atom is -0.508 e. The average molecular weight is 331 g/mol. The number of nitrogens with zero attached hydrogens (tertiary/aromatic N) is 1. The summed E-state index contributed by atoms with van der Waals surface area (Å²) in [5.41, 5.74) is -0.757. The fraction of sp³-hybridized carbons (Fsp3) is 0.143. The van der Waals surface area contributed by atoms with Crippen LogP contribution in [0.1, 0.15) is 5.56 Å². The molecule has 2 rings (SSSR count). The maximum Gasteiger partial charge on any atom is 0.416 e. The lowest BCUT2D eigenvalue weighted by Crippen LogP contribution is -2.26. The van der Waals surface area contributed by atoms with Crippen LogP contribution < -0.4 is 4.31 Å². The van der Waals surface area contributed by atoms with Gasteiger partial charge in [0.15, 0.2) is 0 Å². The Morgan fingerprint density at radius 1 is 0.955 bits per heavy atom. The highest BCUT2D eigenvalue weighted by Crippen LogP contribution is 2.31. The van der Waals surface area contributed by atoms with Gasteiger partial charge in [0, 0.05) is 7.05 Å². The second-order valence-corrected chi connectivity index (χ2v) is 6.48. The van der Waals surface area contributed by atoms with Crippen molar-refractivity contribution in [1.29, 1.82) is 0 Å². The zero-order valence-electron chi connectivity index (χ0n) is 11.4. The molecule has 0 amide bonds. The molecule has 0 fully saturated rings. The number of hydrogen-bond donors (Lipinski definition) is 1. The van der Waals surface area contributed by atoms with E-state index in [2.05, 4.69) is 0 Å². The summed E-state index contributed by atoms with van der Waals surface area (Å²) in [6.45, 7) is 0. The Bertz CT molecular complexity index is 753. The molecule has 0 saturated heterocycles. The zero-order chi connectivity index (χ0) is 16.5. The lowest BCUT2D eigenvalue weighted by Gasteiger charge is -2.20. The molecule has 2 aromatic carbocycles. The predicted octanol–water partition coefficient (Wildman–Crippen LogP) is 3.24. The van der Waals surface area contributed by atoms with Crippen LogP contribution in [0.15, 0.2) is 53.4 Å². The number of rotatable bonds is 3. The molecule has 0 saturated carbocycles. The van der Waals surface area contributed by atoms with E-state index in [1.165, 1.54) is 31.3 Å². The smallest absolute Gasteiger partial charge is 0.416 e. The van der Waals surface area contributed by atoms with E-state index in [1.807, 2.05) is 0 Å². The van der Waals surface area contributed by atoms with Gasteiger partial charge in [-0.25, -0.2) is 8.42 Å². The highest BCUT2D eigenvalue weighted by Gasteiger charge is 2.30. The van der Waals surface area contributed by atoms with E-state index in [0.29, 0.717) is 0 Å². The number of anilines is 1. The van der Waals surface area contributed by atoms with E-state index in [4.69, 9.17) is 5.11 Å². The van der Waals surface area contributed by atoms with Crippen LogP contribution >= 0.6 is 0 Å². The summed E-state index contributed by atoms with van der Waals surface area (Å²) in [7, 11) is -2.68. The van der Waals surface area contributed by atoms with E-state index in [9.17, 15) is 21.6 Å². The van der Waals surface area contributed by atoms with Crippen molar-refractivity contribution in [2.45, 2.75) is 11.1 Å². The molecule has 0 bridgehead atoms. The molecule has 0 aromatic heterocycles. The van der Waals surface area contributed by atoms with Gasteiger partial charge in [0.25, 0.3) is 10.0 Å². The summed E-state index contributed by atoms with van der Waals surface area (Å²) < 4.78 is 63.1. The first-order chi connectivity index (χ1) is 10.1. The van der Waals surface area contributed by atoms with Crippen molar-refractivity contribution in [2.75, 3.05) is 11.4 Å². The fourth-order valence-electron chi connectivity index (χ4n) is 1.78. The van der Waals surface area contributed by atoms with Crippen LogP contribution in [0.5, 0.6) is 5.75 Å². The number of sulfonamides is 1. The third-order valence-corrected chi connectivity index (χ3v) is 4.85. The molecule has 4 nitrogen and oxygen atoms in total. The molecule has 0 atom stereocenters. The van der Waals surface area contributed by atoms with Crippen molar-refractivity contribution in [3.05, 3.63) is 54.1 Å². The Labute approximate surface area is 125 Å². The molecule has 0 radical (unpaired) electrons. The molecule has 22 heavy (non-hydrogen) atoms. The Morgan fingerprint density at radius 2 is 1.45 bits per heavy atom. The van der Waals surface area contributed by atoms with Gasteiger partial charge in [-0.2, -0.15) is 13.2 Å². The lowest BCUT2D eigenvalue weighted by molar-refractivity contribution is -0.137. The van der Waals surface area contributed by atoms with Crippen molar-refractivity contribution >= 4 is 15.7 Å². The largest absolute Gasteiger partial charge is 0.508 e. The Balaban J connectivity index is 2.34. The molecule has 2 aromatic rings. The maximum absolute atomic E-state index is 12.5. The van der Waals surface area contributed by atoms with Crippen molar-refractivity contribution in [3.63, 3.8) is 0 Å². The van der Waals surface area contributed by atoms with Crippen molar-refractivity contribution in [1.82, 2.24) is 0 Å². The third kappa shape index (κ3) is 3.16. The average Bonchev–Trinajstić information content (AvgIpc) is 2.46. The second kappa shape index (κ2) is 5.53. The van der Waals surface area contributed by atoms with Crippen LogP contribution in [0.3, 0.4) is 0 Å². The first-order valence-corrected chi connectivity index (χ1v) is 7.51. The van der Waals surface area contributed by atoms with Gasteiger partial charge in [-0.3, -0.25) is 4.31 Å². The Kier molecular flexibility index (Phi) is 4.06. The van der Waals surface area contributed by atoms with Gasteiger partial charge in [0.05, 0.1) is 16.1 Å². The molecule has 0 aliphatic heterocycles. The Morgan fingerprint density at radius 3 is 1.91 bits per heavy atom. The van der Waals surface area contributed by atoms with E-state index >= 15 is 0 Å². The normalized spacial score (nSPS) is 12.2. The molecule has 1 N–H and O–H groups in total. The monoisotopic (exact) mass is 331 g/mol. The highest BCUT2D eigenvalue weighted by atomic mass is 32.2. The van der Waals surface area contributed by atoms with Crippen molar-refractivity contribution in [2.24, 2.45) is 0 Å². The number of phenols is 1. The van der Waals surface area contributed by atoms with E-state index < -0.39 is 21.8 Å². The zero-order valence-corrected chi connectivity index (χ0v) is 12.2. The third-order valence-electron chi connectivity index (χ3n) is 3.05. The van der Waals surface area contributed by atoms with Gasteiger partial charge >= 0.3 is 6.18 Å². The SMILES string of the molecule is CN(c1ccc(C(F)(F)F)cc1)S(=O)(=O)c1ccc(O)cc1. The predicted molar refractivity (Wildman–Crippen MR) is 75.1 cm³/mol. The van der Waals surface area contributed by atoms with Crippen molar-refractivity contribution in [3.8, 4) is 5.75 Å². The van der Waals surface area contributed by atoms with E-state index in [0.717, 1.165) is 28.6 Å². The van der Waals surface area contributed by atoms with Crippen LogP contribution in [-0.2, 0) is 16.2 Å². The molecular formula is C14H12F3NO3S. The molecule has 0 spiro atoms. The molecule has 0 aliphatic carbocycles. The summed E-state index contributed by atoms with van der Waals surface area (Å²) in [5.74, 6) is -0.0869. The van der Waals surface area contributed by atoms with Gasteiger partial charge in [0.1, 0.15) is 5.75 Å². The maximum atomic E-state index is 12.5. The second-order valence-electron chi connectivity index (χ2n) is 4.51. The van der Waals surface area contributed by atoms with Crippen LogP contribution in [0, 0.1) is 0 Å². The molecular weight excluding hydrogens is 319 g/mol. The molecule has 0 aliphatic rings. The molecule has 0 heterocycles. The standard InChI is InChI=1S/C14H12F3NO3S/c1-18(11-4-2-10(3-5-11)14(15,16)17)22(20,21)13-8-6-12(19)7-9-13/h2-9,19H,1H3. The first-order valence-electron chi connectivity index (χ1n) is 6.07. The fourth-order valence-corrected chi connectivity index (χ4v) is 2.97. The van der Waals surface area contributed by atoms with Gasteiger partial charge in [0.2, 0.25) is 0 Å². The molecule has 8 heteroatoms. The van der Waals surface area contributed by atoms with Gasteiger partial charge in [-0.1, -0.05) is 0 Å². The van der Waals surface area contributed by atoms with Crippen LogP contribution in [0.4, 0.5) is 18.9 Å². The van der Waals surface area contributed by atoms with E-state index in [1.54, 1.807) is 0 Å². The number of halogens is 3. The number of benzene rings is 2. The first kappa shape index (κ1) is 16.2. The number of aromatic hydroxyl groups is 1. The summed E-state index contributed by atoms with van der Waals surface area (Å²) in [5, 5.41) is 9.17. The highest BCUT2D eigenvalue weighted by molar-refractivity contribution is 7.92. The van der Waals surface area contributed by atoms with Crippen LogP contribution in [0.2, 0.25) is 0 Å². The number of alkyl halides is 3. The van der Waals surface area contributed by atoms with Crippen molar-refractivity contribution < 1.29 is 26.7 Å². The lowest BCUT2D eigenvalue weighted by atomic mass is 10.2. The van der Waals surface area contributed by atoms with Crippen LogP contribution in [-0.4, -0.2) is 20.6 Å². The minimum absolute atomic E-state index is 0.0762. The Hall–Kier alpha value is -2.22.